The van der Waals surface area contributed by atoms with Gasteiger partial charge >= 0.3 is 17.8 Å². The Hall–Kier alpha value is -5.39. The van der Waals surface area contributed by atoms with Gasteiger partial charge in [0.2, 0.25) is 5.78 Å². The Morgan fingerprint density at radius 3 is 1.31 bits per heavy atom. The number of amides is 4. The number of carbonyl (C=O) groups excluding carboxylic acids is 5. The minimum atomic E-state index is -5.74. The maximum absolute atomic E-state index is 16.1. The van der Waals surface area contributed by atoms with Crippen molar-refractivity contribution in [2.24, 2.45) is 0 Å². The van der Waals surface area contributed by atoms with Crippen LogP contribution in [0.2, 0.25) is 0 Å². The summed E-state index contributed by atoms with van der Waals surface area (Å²) in [5.74, 6) is -18.6. The Kier molecular flexibility index (Phi) is 16.1. The highest BCUT2D eigenvalue weighted by atomic mass is 79.9. The summed E-state index contributed by atoms with van der Waals surface area (Å²) >= 11 is 19.5. The SMILES string of the molecule is CCCCCCC(CCCCCC)N1C(=O)c2c(Br)cc3c4cc(Br)c5c6c(c(Br)cc(c7cc(Br)c(c2c37)C1=O)c64)C(=O)N(c1ccc(C(=O)c2ccc(-c3cc(C4=C(c6cc(-c7ccc(C)s7)sc6C)C(F)(F)C(F)(F)C4(F)F)c(C)s3)s2)cc1)C5=O. The molecule has 0 radical (unpaired) electrons. The van der Waals surface area contributed by atoms with Crippen molar-refractivity contribution in [1.82, 2.24) is 4.90 Å². The fourth-order valence-corrected chi connectivity index (χ4v) is 19.7. The number of benzene rings is 6. The van der Waals surface area contributed by atoms with Crippen LogP contribution in [-0.4, -0.2) is 58.1 Å². The second-order valence-electron chi connectivity index (χ2n) is 23.0. The van der Waals surface area contributed by atoms with Crippen molar-refractivity contribution >= 4 is 198 Å². The molecule has 13 rings (SSSR count). The van der Waals surface area contributed by atoms with E-state index in [0.29, 0.717) is 104 Å². The topological polar surface area (TPSA) is 91.8 Å². The van der Waals surface area contributed by atoms with Gasteiger partial charge in [-0.3, -0.25) is 28.9 Å². The average molecular weight is 1540 g/mol. The van der Waals surface area contributed by atoms with Crippen molar-refractivity contribution in [3.63, 3.8) is 0 Å². The Labute approximate surface area is 557 Å². The van der Waals surface area contributed by atoms with Crippen LogP contribution in [0.3, 0.4) is 0 Å². The number of imide groups is 2. The lowest BCUT2D eigenvalue weighted by Crippen LogP contribution is -2.48. The average Bonchev–Trinajstić information content (AvgIpc) is 1.02. The monoisotopic (exact) mass is 1530 g/mol. The minimum Gasteiger partial charge on any atom is -0.288 e. The van der Waals surface area contributed by atoms with Crippen LogP contribution in [0.1, 0.15) is 160 Å². The first-order valence-electron chi connectivity index (χ1n) is 29.0. The molecule has 3 aliphatic rings. The number of halogens is 10. The van der Waals surface area contributed by atoms with Gasteiger partial charge < -0.3 is 0 Å². The van der Waals surface area contributed by atoms with Gasteiger partial charge in [-0.2, -0.15) is 26.3 Å². The number of hydrogen-bond donors (Lipinski definition) is 0. The molecule has 0 N–H and O–H groups in total. The first kappa shape index (κ1) is 62.4. The molecule has 456 valence electrons. The van der Waals surface area contributed by atoms with Gasteiger partial charge in [-0.25, -0.2) is 4.90 Å². The molecule has 89 heavy (non-hydrogen) atoms. The molecule has 0 unspecified atom stereocenters. The molecule has 0 saturated heterocycles. The summed E-state index contributed by atoms with van der Waals surface area (Å²) in [6.07, 6.45) is 9.54. The molecule has 7 nitrogen and oxygen atoms in total. The number of fused-ring (bicyclic) bond motifs is 2. The molecule has 4 amide bonds. The molecule has 0 spiro atoms. The third kappa shape index (κ3) is 9.59. The van der Waals surface area contributed by atoms with Crippen molar-refractivity contribution in [2.75, 3.05) is 4.90 Å². The molecule has 2 aliphatic heterocycles. The number of anilines is 1. The maximum atomic E-state index is 16.1. The van der Waals surface area contributed by atoms with E-state index in [4.69, 9.17) is 0 Å². The summed E-state index contributed by atoms with van der Waals surface area (Å²) in [5.41, 5.74) is -2.10. The second kappa shape index (κ2) is 23.0. The van der Waals surface area contributed by atoms with Gasteiger partial charge in [0.05, 0.1) is 32.8 Å². The van der Waals surface area contributed by atoms with Gasteiger partial charge in [-0.1, -0.05) is 65.2 Å². The number of allylic oxidation sites excluding steroid dienone is 2. The molecule has 0 atom stereocenters. The smallest absolute Gasteiger partial charge is 0.288 e. The molecule has 6 aromatic carbocycles. The predicted octanol–water partition coefficient (Wildman–Crippen LogP) is 23.1. The molecule has 10 aromatic rings. The Balaban J connectivity index is 0.817. The summed E-state index contributed by atoms with van der Waals surface area (Å²) in [6, 6.07) is 22.3. The van der Waals surface area contributed by atoms with E-state index in [1.165, 1.54) is 72.5 Å². The van der Waals surface area contributed by atoms with E-state index in [9.17, 15) is 4.79 Å². The van der Waals surface area contributed by atoms with Crippen molar-refractivity contribution < 1.29 is 50.3 Å². The minimum absolute atomic E-state index is 0.101. The van der Waals surface area contributed by atoms with Gasteiger partial charge in [-0.05, 0) is 226 Å². The van der Waals surface area contributed by atoms with E-state index in [-0.39, 0.29) is 60.4 Å². The Morgan fingerprint density at radius 2 is 0.899 bits per heavy atom. The Morgan fingerprint density at radius 1 is 0.483 bits per heavy atom. The number of thiophene rings is 4. The maximum Gasteiger partial charge on any atom is 0.380 e. The molecule has 6 heterocycles. The normalized spacial score (nSPS) is 16.2. The second-order valence-corrected chi connectivity index (χ2v) is 31.3. The van der Waals surface area contributed by atoms with Gasteiger partial charge in [0.25, 0.3) is 23.6 Å². The van der Waals surface area contributed by atoms with Crippen LogP contribution in [0.25, 0.3) is 73.7 Å². The lowest BCUT2D eigenvalue weighted by molar-refractivity contribution is -0.254. The van der Waals surface area contributed by atoms with E-state index < -0.39 is 52.1 Å². The summed E-state index contributed by atoms with van der Waals surface area (Å²) < 4.78 is 97.0. The standard InChI is InChI=1S/C68H50Br4F6N2O5S4/c1-6-8-10-12-14-34(15-13-11-9-7-2)79-62(82)53-42(69)24-38-40-26-44(71)55-58-52(40)41(39-25-43(70)54(63(79)83)57(53)51(38)39)27-45(72)56(58)65(85)80(64(55)84)35-19-17-33(18-20-35)61(81)48-23-22-47(89-48)50-29-37(32(5)88-50)60-59(66(73,74)68(77,78)67(60,75)76)36-28-49(87-31(36)4)46-21-16-30(3)86-46/h16-29,34H,6-15H2,1-5H3. The number of hydrogen-bond acceptors (Lipinski definition) is 9. The number of rotatable bonds is 18. The van der Waals surface area contributed by atoms with Crippen LogP contribution in [0.4, 0.5) is 32.0 Å². The van der Waals surface area contributed by atoms with Gasteiger partial charge in [-0.15, -0.1) is 45.3 Å². The molecule has 1 aliphatic carbocycles. The number of unbranched alkanes of at least 4 members (excludes halogenated alkanes) is 6. The highest BCUT2D eigenvalue weighted by Gasteiger charge is 2.80. The zero-order valence-corrected chi connectivity index (χ0v) is 57.7. The number of aryl methyl sites for hydroxylation is 3. The summed E-state index contributed by atoms with van der Waals surface area (Å²) in [6.45, 7) is 9.02. The molecular weight excluding hydrogens is 1490 g/mol. The van der Waals surface area contributed by atoms with E-state index >= 15 is 45.5 Å². The van der Waals surface area contributed by atoms with Crippen molar-refractivity contribution in [3.8, 4) is 19.5 Å². The summed E-state index contributed by atoms with van der Waals surface area (Å²) in [4.78, 5) is 80.2. The quantitative estimate of drug-likeness (QED) is 0.0213. The van der Waals surface area contributed by atoms with Crippen molar-refractivity contribution in [3.05, 3.63) is 161 Å². The molecule has 21 heteroatoms. The number of nitrogens with zero attached hydrogens (tertiary/aromatic N) is 2. The molecule has 0 bridgehead atoms. The van der Waals surface area contributed by atoms with Gasteiger partial charge in [0, 0.05) is 85.6 Å². The van der Waals surface area contributed by atoms with Crippen LogP contribution in [0, 0.1) is 20.8 Å². The highest BCUT2D eigenvalue weighted by Crippen LogP contribution is 2.66. The van der Waals surface area contributed by atoms with E-state index in [2.05, 4.69) is 77.6 Å². The number of ketones is 1. The number of carbonyl (C=O) groups is 5. The highest BCUT2D eigenvalue weighted by molar-refractivity contribution is 9.11. The number of alkyl halides is 6. The third-order valence-electron chi connectivity index (χ3n) is 17.5. The van der Waals surface area contributed by atoms with Crippen molar-refractivity contribution in [2.45, 2.75) is 123 Å². The van der Waals surface area contributed by atoms with Crippen molar-refractivity contribution in [1.29, 1.82) is 0 Å². The van der Waals surface area contributed by atoms with Crippen LogP contribution < -0.4 is 4.90 Å². The van der Waals surface area contributed by atoms with Crippen LogP contribution >= 0.6 is 109 Å². The lowest BCUT2D eigenvalue weighted by Gasteiger charge is -2.36. The zero-order valence-electron chi connectivity index (χ0n) is 48.1. The molecular formula is C68H50Br4F6N2O5S4. The molecule has 4 aromatic heterocycles. The fourth-order valence-electron chi connectivity index (χ4n) is 13.3. The molecule has 0 saturated carbocycles. The van der Waals surface area contributed by atoms with Gasteiger partial charge in [0.15, 0.2) is 0 Å². The van der Waals surface area contributed by atoms with E-state index in [1.807, 2.05) is 37.3 Å². The molecule has 0 fully saturated rings. The predicted molar refractivity (Wildman–Crippen MR) is 362 cm³/mol. The van der Waals surface area contributed by atoms with Gasteiger partial charge in [0.1, 0.15) is 0 Å². The first-order chi connectivity index (χ1) is 42.3. The zero-order chi connectivity index (χ0) is 63.2. The Bertz CT molecular complexity index is 4610. The van der Waals surface area contributed by atoms with Crippen LogP contribution in [0.15, 0.2) is 103 Å². The van der Waals surface area contributed by atoms with Crippen LogP contribution in [0.5, 0.6) is 0 Å². The fraction of sp³-hybridized carbons (Fsp3) is 0.279. The summed E-state index contributed by atoms with van der Waals surface area (Å²) in [7, 11) is 0. The third-order valence-corrected chi connectivity index (χ3v) is 24.6. The summed E-state index contributed by atoms with van der Waals surface area (Å²) in [5, 5.41) is 5.03. The van der Waals surface area contributed by atoms with Crippen LogP contribution in [-0.2, 0) is 0 Å². The first-order valence-corrected chi connectivity index (χ1v) is 35.4. The van der Waals surface area contributed by atoms with E-state index in [1.54, 1.807) is 12.1 Å². The van der Waals surface area contributed by atoms with E-state index in [0.717, 1.165) is 95.2 Å². The lowest BCUT2D eigenvalue weighted by atomic mass is 9.81. The largest absolute Gasteiger partial charge is 0.380 e.